The maximum atomic E-state index is 11.8. The summed E-state index contributed by atoms with van der Waals surface area (Å²) in [6.07, 6.45) is 4.69. The molecule has 0 spiro atoms. The topological polar surface area (TPSA) is 49.3 Å². The average molecular weight is 267 g/mol. The molecule has 0 atom stereocenters. The Balaban J connectivity index is 1.71. The summed E-state index contributed by atoms with van der Waals surface area (Å²) in [5, 5.41) is 14.6. The van der Waals surface area contributed by atoms with Gasteiger partial charge in [0.2, 0.25) is 5.91 Å². The molecular formula is C14H21NO2S. The average Bonchev–Trinajstić information content (AvgIpc) is 2.75. The van der Waals surface area contributed by atoms with Gasteiger partial charge >= 0.3 is 0 Å². The molecule has 1 saturated carbocycles. The molecule has 1 aromatic heterocycles. The fourth-order valence-corrected chi connectivity index (χ4v) is 3.32. The summed E-state index contributed by atoms with van der Waals surface area (Å²) >= 11 is 1.72. The molecule has 1 aliphatic carbocycles. The number of carbonyl (C=O) groups is 1. The molecule has 0 radical (unpaired) electrons. The molecule has 1 aliphatic rings. The highest BCUT2D eigenvalue weighted by atomic mass is 32.1. The zero-order valence-corrected chi connectivity index (χ0v) is 11.6. The monoisotopic (exact) mass is 267 g/mol. The van der Waals surface area contributed by atoms with Gasteiger partial charge in [-0.05, 0) is 56.0 Å². The molecule has 18 heavy (non-hydrogen) atoms. The number of hydrogen-bond acceptors (Lipinski definition) is 3. The molecule has 0 aromatic carbocycles. The Labute approximate surface area is 112 Å². The first-order chi connectivity index (χ1) is 8.65. The van der Waals surface area contributed by atoms with Crippen LogP contribution in [-0.4, -0.2) is 23.2 Å². The lowest BCUT2D eigenvalue weighted by Crippen LogP contribution is -2.38. The van der Waals surface area contributed by atoms with Crippen molar-refractivity contribution in [2.75, 3.05) is 0 Å². The van der Waals surface area contributed by atoms with E-state index < -0.39 is 0 Å². The number of amides is 1. The number of thiophene rings is 1. The molecule has 0 unspecified atom stereocenters. The number of hydrogen-bond donors (Lipinski definition) is 2. The van der Waals surface area contributed by atoms with Gasteiger partial charge in [0.1, 0.15) is 0 Å². The minimum atomic E-state index is -0.160. The van der Waals surface area contributed by atoms with Crippen LogP contribution in [0.15, 0.2) is 11.4 Å². The molecule has 2 N–H and O–H groups in total. The van der Waals surface area contributed by atoms with E-state index in [4.69, 9.17) is 0 Å². The number of rotatable bonds is 4. The first-order valence-electron chi connectivity index (χ1n) is 6.65. The SMILES string of the molecule is Cc1ccsc1CCC(=O)NC1CCC(O)CC1. The van der Waals surface area contributed by atoms with E-state index in [1.807, 2.05) is 0 Å². The summed E-state index contributed by atoms with van der Waals surface area (Å²) in [6, 6.07) is 2.37. The maximum absolute atomic E-state index is 11.8. The summed E-state index contributed by atoms with van der Waals surface area (Å²) in [5.41, 5.74) is 1.29. The normalized spacial score (nSPS) is 23.9. The first kappa shape index (κ1) is 13.6. The van der Waals surface area contributed by atoms with Crippen molar-refractivity contribution in [3.8, 4) is 0 Å². The lowest BCUT2D eigenvalue weighted by atomic mass is 9.93. The predicted molar refractivity (Wildman–Crippen MR) is 73.8 cm³/mol. The Morgan fingerprint density at radius 2 is 2.17 bits per heavy atom. The zero-order valence-electron chi connectivity index (χ0n) is 10.8. The van der Waals surface area contributed by atoms with E-state index in [0.717, 1.165) is 32.1 Å². The second-order valence-corrected chi connectivity index (χ2v) is 6.10. The van der Waals surface area contributed by atoms with Crippen LogP contribution in [0.25, 0.3) is 0 Å². The summed E-state index contributed by atoms with van der Waals surface area (Å²) < 4.78 is 0. The molecule has 3 nitrogen and oxygen atoms in total. The third-order valence-corrected chi connectivity index (χ3v) is 4.69. The highest BCUT2D eigenvalue weighted by Crippen LogP contribution is 2.19. The van der Waals surface area contributed by atoms with Gasteiger partial charge in [0.05, 0.1) is 6.10 Å². The fourth-order valence-electron chi connectivity index (χ4n) is 2.41. The second kappa shape index (κ2) is 6.34. The van der Waals surface area contributed by atoms with Gasteiger partial charge in [-0.1, -0.05) is 0 Å². The maximum Gasteiger partial charge on any atom is 0.220 e. The van der Waals surface area contributed by atoms with Gasteiger partial charge in [0.15, 0.2) is 0 Å². The van der Waals surface area contributed by atoms with Crippen LogP contribution < -0.4 is 5.32 Å². The summed E-state index contributed by atoms with van der Waals surface area (Å²) in [7, 11) is 0. The third-order valence-electron chi connectivity index (χ3n) is 3.61. The number of aliphatic hydroxyl groups is 1. The van der Waals surface area contributed by atoms with Gasteiger partial charge < -0.3 is 10.4 Å². The van der Waals surface area contributed by atoms with Gasteiger partial charge in [-0.25, -0.2) is 0 Å². The summed E-state index contributed by atoms with van der Waals surface area (Å²) in [5.74, 6) is 0.143. The van der Waals surface area contributed by atoms with Crippen molar-refractivity contribution in [1.82, 2.24) is 5.32 Å². The van der Waals surface area contributed by atoms with Crippen molar-refractivity contribution >= 4 is 17.2 Å². The molecule has 1 heterocycles. The van der Waals surface area contributed by atoms with Crippen LogP contribution in [0.2, 0.25) is 0 Å². The lowest BCUT2D eigenvalue weighted by molar-refractivity contribution is -0.122. The number of nitrogens with one attached hydrogen (secondary N) is 1. The highest BCUT2D eigenvalue weighted by Gasteiger charge is 2.20. The second-order valence-electron chi connectivity index (χ2n) is 5.10. The van der Waals surface area contributed by atoms with Gasteiger partial charge in [0.25, 0.3) is 0 Å². The van der Waals surface area contributed by atoms with E-state index in [1.165, 1.54) is 10.4 Å². The van der Waals surface area contributed by atoms with Crippen molar-refractivity contribution in [1.29, 1.82) is 0 Å². The Morgan fingerprint density at radius 3 is 2.78 bits per heavy atom. The fraction of sp³-hybridized carbons (Fsp3) is 0.643. The Kier molecular flexibility index (Phi) is 4.78. The summed E-state index contributed by atoms with van der Waals surface area (Å²) in [6.45, 7) is 2.09. The molecule has 1 fully saturated rings. The van der Waals surface area contributed by atoms with E-state index in [1.54, 1.807) is 11.3 Å². The number of aliphatic hydroxyl groups excluding tert-OH is 1. The first-order valence-corrected chi connectivity index (χ1v) is 7.53. The third kappa shape index (κ3) is 3.82. The van der Waals surface area contributed by atoms with Crippen molar-refractivity contribution in [3.63, 3.8) is 0 Å². The van der Waals surface area contributed by atoms with Crippen LogP contribution in [0.4, 0.5) is 0 Å². The quantitative estimate of drug-likeness (QED) is 0.880. The minimum Gasteiger partial charge on any atom is -0.393 e. The van der Waals surface area contributed by atoms with E-state index in [-0.39, 0.29) is 18.1 Å². The molecule has 1 aromatic rings. The Bertz CT molecular complexity index is 394. The predicted octanol–water partition coefficient (Wildman–Crippen LogP) is 2.41. The molecule has 1 amide bonds. The molecule has 4 heteroatoms. The van der Waals surface area contributed by atoms with Gasteiger partial charge in [0, 0.05) is 17.3 Å². The zero-order chi connectivity index (χ0) is 13.0. The Morgan fingerprint density at radius 1 is 1.44 bits per heavy atom. The van der Waals surface area contributed by atoms with Crippen LogP contribution in [0, 0.1) is 6.92 Å². The van der Waals surface area contributed by atoms with Crippen molar-refractivity contribution in [2.24, 2.45) is 0 Å². The van der Waals surface area contributed by atoms with E-state index in [0.29, 0.717) is 6.42 Å². The molecule has 0 aliphatic heterocycles. The van der Waals surface area contributed by atoms with Crippen molar-refractivity contribution < 1.29 is 9.90 Å². The molecule has 100 valence electrons. The smallest absolute Gasteiger partial charge is 0.220 e. The summed E-state index contributed by atoms with van der Waals surface area (Å²) in [4.78, 5) is 13.1. The van der Waals surface area contributed by atoms with E-state index >= 15 is 0 Å². The standard InChI is InChI=1S/C14H21NO2S/c1-10-8-9-18-13(10)6-7-14(17)15-11-2-4-12(16)5-3-11/h8-9,11-12,16H,2-7H2,1H3,(H,15,17). The highest BCUT2D eigenvalue weighted by molar-refractivity contribution is 7.10. The lowest BCUT2D eigenvalue weighted by Gasteiger charge is -2.26. The minimum absolute atomic E-state index is 0.143. The molecule has 0 saturated heterocycles. The van der Waals surface area contributed by atoms with Gasteiger partial charge in [-0.3, -0.25) is 4.79 Å². The molecule has 2 rings (SSSR count). The van der Waals surface area contributed by atoms with Crippen molar-refractivity contribution in [3.05, 3.63) is 21.9 Å². The van der Waals surface area contributed by atoms with E-state index in [9.17, 15) is 9.90 Å². The van der Waals surface area contributed by atoms with Crippen LogP contribution in [0.5, 0.6) is 0 Å². The van der Waals surface area contributed by atoms with E-state index in [2.05, 4.69) is 23.7 Å². The number of aryl methyl sites for hydroxylation is 2. The van der Waals surface area contributed by atoms with Crippen LogP contribution >= 0.6 is 11.3 Å². The Hall–Kier alpha value is -0.870. The van der Waals surface area contributed by atoms with Crippen LogP contribution in [0.3, 0.4) is 0 Å². The van der Waals surface area contributed by atoms with Crippen LogP contribution in [0.1, 0.15) is 42.5 Å². The largest absolute Gasteiger partial charge is 0.393 e. The van der Waals surface area contributed by atoms with Crippen LogP contribution in [-0.2, 0) is 11.2 Å². The van der Waals surface area contributed by atoms with Gasteiger partial charge in [-0.15, -0.1) is 11.3 Å². The number of carbonyl (C=O) groups excluding carboxylic acids is 1. The molecular weight excluding hydrogens is 246 g/mol. The molecule has 0 bridgehead atoms. The van der Waals surface area contributed by atoms with Gasteiger partial charge in [-0.2, -0.15) is 0 Å². The van der Waals surface area contributed by atoms with Crippen molar-refractivity contribution in [2.45, 2.75) is 57.6 Å².